The monoisotopic (exact) mass is 318 g/mol. The number of carboxylic acids is 1. The molecule has 0 aliphatic carbocycles. The van der Waals surface area contributed by atoms with E-state index < -0.39 is 17.6 Å². The van der Waals surface area contributed by atoms with Gasteiger partial charge in [0.05, 0.1) is 0 Å². The molecule has 2 heterocycles. The molecule has 124 valence electrons. The number of fused-ring (bicyclic) bond motifs is 1. The highest BCUT2D eigenvalue weighted by molar-refractivity contribution is 5.84. The van der Waals surface area contributed by atoms with Crippen LogP contribution in [0.2, 0.25) is 0 Å². The van der Waals surface area contributed by atoms with Crippen LogP contribution in [0, 0.1) is 0 Å². The zero-order valence-corrected chi connectivity index (χ0v) is 13.0. The van der Waals surface area contributed by atoms with Crippen molar-refractivity contribution < 1.29 is 19.4 Å². The smallest absolute Gasteiger partial charge is 0.408 e. The number of aliphatic carboxylic acids is 1. The lowest BCUT2D eigenvalue weighted by atomic mass is 9.83. The van der Waals surface area contributed by atoms with Crippen LogP contribution in [0.15, 0.2) is 30.3 Å². The Hall–Kier alpha value is -2.08. The SMILES string of the molecule is O=C(NC1(C(=O)O)CCN2CCCC2C1)OCc1ccccc1. The summed E-state index contributed by atoms with van der Waals surface area (Å²) in [5, 5.41) is 12.3. The predicted molar refractivity (Wildman–Crippen MR) is 84.0 cm³/mol. The normalized spacial score (nSPS) is 27.2. The minimum atomic E-state index is -1.21. The van der Waals surface area contributed by atoms with E-state index in [0.29, 0.717) is 19.4 Å². The molecule has 0 bridgehead atoms. The first-order chi connectivity index (χ1) is 11.1. The Bertz CT molecular complexity index is 577. The van der Waals surface area contributed by atoms with E-state index in [4.69, 9.17) is 4.74 Å². The highest BCUT2D eigenvalue weighted by atomic mass is 16.5. The van der Waals surface area contributed by atoms with E-state index in [9.17, 15) is 14.7 Å². The zero-order valence-electron chi connectivity index (χ0n) is 13.0. The Kier molecular flexibility index (Phi) is 4.52. The van der Waals surface area contributed by atoms with Gasteiger partial charge in [0, 0.05) is 12.6 Å². The lowest BCUT2D eigenvalue weighted by molar-refractivity contribution is -0.147. The number of nitrogens with one attached hydrogen (secondary N) is 1. The van der Waals surface area contributed by atoms with Gasteiger partial charge in [0.1, 0.15) is 12.1 Å². The summed E-state index contributed by atoms with van der Waals surface area (Å²) in [6, 6.07) is 9.58. The second kappa shape index (κ2) is 6.58. The molecule has 1 aromatic rings. The summed E-state index contributed by atoms with van der Waals surface area (Å²) in [6.45, 7) is 1.87. The van der Waals surface area contributed by atoms with Crippen LogP contribution >= 0.6 is 0 Å². The van der Waals surface area contributed by atoms with E-state index in [2.05, 4.69) is 10.2 Å². The van der Waals surface area contributed by atoms with Gasteiger partial charge < -0.3 is 20.1 Å². The maximum atomic E-state index is 12.1. The van der Waals surface area contributed by atoms with Crippen LogP contribution in [0.5, 0.6) is 0 Å². The van der Waals surface area contributed by atoms with Crippen LogP contribution in [0.4, 0.5) is 4.79 Å². The lowest BCUT2D eigenvalue weighted by Crippen LogP contribution is -2.61. The first-order valence-corrected chi connectivity index (χ1v) is 8.05. The van der Waals surface area contributed by atoms with E-state index in [0.717, 1.165) is 24.9 Å². The van der Waals surface area contributed by atoms with Crippen molar-refractivity contribution >= 4 is 12.1 Å². The number of alkyl carbamates (subject to hydrolysis) is 1. The minimum absolute atomic E-state index is 0.137. The van der Waals surface area contributed by atoms with Crippen LogP contribution < -0.4 is 5.32 Å². The number of hydrogen-bond donors (Lipinski definition) is 2. The van der Waals surface area contributed by atoms with Gasteiger partial charge in [-0.1, -0.05) is 30.3 Å². The molecular formula is C17H22N2O4. The molecule has 2 saturated heterocycles. The largest absolute Gasteiger partial charge is 0.480 e. The molecule has 6 heteroatoms. The van der Waals surface area contributed by atoms with E-state index >= 15 is 0 Å². The van der Waals surface area contributed by atoms with Gasteiger partial charge in [0.2, 0.25) is 0 Å². The van der Waals surface area contributed by atoms with E-state index in [1.165, 1.54) is 0 Å². The number of piperidine rings is 1. The summed E-state index contributed by atoms with van der Waals surface area (Å²) < 4.78 is 5.19. The molecule has 0 spiro atoms. The number of hydrogen-bond acceptors (Lipinski definition) is 4. The number of rotatable bonds is 4. The Balaban J connectivity index is 1.61. The molecule has 2 unspecified atom stereocenters. The van der Waals surface area contributed by atoms with Crippen LogP contribution in [0.25, 0.3) is 0 Å². The summed E-state index contributed by atoms with van der Waals surface area (Å²) in [5.74, 6) is -0.972. The number of amides is 1. The van der Waals surface area contributed by atoms with E-state index in [-0.39, 0.29) is 12.6 Å². The van der Waals surface area contributed by atoms with Gasteiger partial charge in [0.15, 0.2) is 0 Å². The zero-order chi connectivity index (χ0) is 16.3. The molecule has 3 rings (SSSR count). The average Bonchev–Trinajstić information content (AvgIpc) is 3.01. The molecule has 0 radical (unpaired) electrons. The van der Waals surface area contributed by atoms with Gasteiger partial charge in [-0.15, -0.1) is 0 Å². The standard InChI is InChI=1S/C17H22N2O4/c20-15(21)17(8-10-19-9-4-7-14(19)11-17)18-16(22)23-12-13-5-2-1-3-6-13/h1-3,5-6,14H,4,7-12H2,(H,18,22)(H,20,21). The molecule has 2 aliphatic rings. The van der Waals surface area contributed by atoms with Crippen molar-refractivity contribution in [2.24, 2.45) is 0 Å². The molecule has 6 nitrogen and oxygen atoms in total. The topological polar surface area (TPSA) is 78.9 Å². The van der Waals surface area contributed by atoms with Gasteiger partial charge in [-0.3, -0.25) is 0 Å². The molecule has 2 aliphatic heterocycles. The maximum absolute atomic E-state index is 12.1. The van der Waals surface area contributed by atoms with E-state index in [1.54, 1.807) is 0 Å². The fraction of sp³-hybridized carbons (Fsp3) is 0.529. The summed E-state index contributed by atoms with van der Waals surface area (Å²) in [5.41, 5.74) is -0.336. The first-order valence-electron chi connectivity index (χ1n) is 8.05. The molecule has 1 amide bonds. The Morgan fingerprint density at radius 3 is 2.83 bits per heavy atom. The minimum Gasteiger partial charge on any atom is -0.480 e. The van der Waals surface area contributed by atoms with Crippen molar-refractivity contribution in [2.45, 2.75) is 43.9 Å². The summed E-state index contributed by atoms with van der Waals surface area (Å²) >= 11 is 0. The molecule has 0 aromatic heterocycles. The molecule has 1 aromatic carbocycles. The summed E-state index contributed by atoms with van der Waals surface area (Å²) in [4.78, 5) is 26.2. The lowest BCUT2D eigenvalue weighted by Gasteiger charge is -2.41. The molecule has 0 saturated carbocycles. The average molecular weight is 318 g/mol. The van der Waals surface area contributed by atoms with Crippen molar-refractivity contribution in [1.82, 2.24) is 10.2 Å². The number of carbonyl (C=O) groups excluding carboxylic acids is 1. The third-order valence-electron chi connectivity index (χ3n) is 4.87. The fourth-order valence-electron chi connectivity index (χ4n) is 3.58. The van der Waals surface area contributed by atoms with Crippen LogP contribution in [-0.4, -0.2) is 46.7 Å². The molecule has 2 atom stereocenters. The third kappa shape index (κ3) is 3.47. The van der Waals surface area contributed by atoms with Gasteiger partial charge in [0.25, 0.3) is 0 Å². The Morgan fingerprint density at radius 2 is 2.09 bits per heavy atom. The number of benzene rings is 1. The van der Waals surface area contributed by atoms with Crippen LogP contribution in [0.3, 0.4) is 0 Å². The fourth-order valence-corrected chi connectivity index (χ4v) is 3.58. The number of carbonyl (C=O) groups is 2. The van der Waals surface area contributed by atoms with Gasteiger partial charge >= 0.3 is 12.1 Å². The second-order valence-electron chi connectivity index (χ2n) is 6.36. The quantitative estimate of drug-likeness (QED) is 0.887. The Labute approximate surface area is 135 Å². The van der Waals surface area contributed by atoms with Crippen molar-refractivity contribution in [3.63, 3.8) is 0 Å². The maximum Gasteiger partial charge on any atom is 0.408 e. The highest BCUT2D eigenvalue weighted by Crippen LogP contribution is 2.33. The Morgan fingerprint density at radius 1 is 1.30 bits per heavy atom. The van der Waals surface area contributed by atoms with Crippen molar-refractivity contribution in [2.75, 3.05) is 13.1 Å². The predicted octanol–water partition coefficient (Wildman–Crippen LogP) is 1.99. The van der Waals surface area contributed by atoms with Crippen molar-refractivity contribution in [3.05, 3.63) is 35.9 Å². The first kappa shape index (κ1) is 15.8. The van der Waals surface area contributed by atoms with Crippen LogP contribution in [0.1, 0.15) is 31.2 Å². The second-order valence-corrected chi connectivity index (χ2v) is 6.36. The van der Waals surface area contributed by atoms with E-state index in [1.807, 2.05) is 30.3 Å². The molecule has 23 heavy (non-hydrogen) atoms. The molecular weight excluding hydrogens is 296 g/mol. The highest BCUT2D eigenvalue weighted by Gasteiger charge is 2.48. The van der Waals surface area contributed by atoms with Gasteiger partial charge in [-0.2, -0.15) is 0 Å². The molecule has 2 N–H and O–H groups in total. The summed E-state index contributed by atoms with van der Waals surface area (Å²) in [6.07, 6.45) is 2.29. The van der Waals surface area contributed by atoms with Crippen molar-refractivity contribution in [3.8, 4) is 0 Å². The number of ether oxygens (including phenoxy) is 1. The van der Waals surface area contributed by atoms with Gasteiger partial charge in [-0.25, -0.2) is 9.59 Å². The van der Waals surface area contributed by atoms with Gasteiger partial charge in [-0.05, 0) is 37.8 Å². The third-order valence-corrected chi connectivity index (χ3v) is 4.87. The summed E-state index contributed by atoms with van der Waals surface area (Å²) in [7, 11) is 0. The number of nitrogens with zero attached hydrogens (tertiary/aromatic N) is 1. The number of carboxylic acid groups (broad SMARTS) is 1. The van der Waals surface area contributed by atoms with Crippen LogP contribution in [-0.2, 0) is 16.1 Å². The van der Waals surface area contributed by atoms with Crippen molar-refractivity contribution in [1.29, 1.82) is 0 Å². The molecule has 2 fully saturated rings.